The van der Waals surface area contributed by atoms with Gasteiger partial charge < -0.3 is 14.9 Å². The molecule has 2 rings (SSSR count). The van der Waals surface area contributed by atoms with Crippen molar-refractivity contribution in [2.24, 2.45) is 0 Å². The van der Waals surface area contributed by atoms with Crippen molar-refractivity contribution in [3.05, 3.63) is 28.0 Å². The molecular formula is C14H19Cl2N3O2. The molecule has 0 spiro atoms. The minimum absolute atomic E-state index is 0.0870. The average Bonchev–Trinajstić information content (AvgIpc) is 2.48. The van der Waals surface area contributed by atoms with E-state index in [4.69, 9.17) is 23.2 Å². The summed E-state index contributed by atoms with van der Waals surface area (Å²) in [4.78, 5) is 20.6. The molecule has 0 unspecified atom stereocenters. The number of rotatable bonds is 4. The molecular weight excluding hydrogens is 313 g/mol. The van der Waals surface area contributed by atoms with Crippen LogP contribution in [0.15, 0.2) is 12.1 Å². The van der Waals surface area contributed by atoms with Gasteiger partial charge in [0.1, 0.15) is 10.8 Å². The number of aliphatic hydroxyl groups excluding tert-OH is 1. The number of aliphatic hydroxyl groups is 1. The first-order valence-corrected chi connectivity index (χ1v) is 7.71. The maximum Gasteiger partial charge on any atom is 0.274 e. The second-order valence-electron chi connectivity index (χ2n) is 5.22. The molecule has 1 amide bonds. The summed E-state index contributed by atoms with van der Waals surface area (Å²) in [5.74, 6) is -0.272. The molecule has 0 atom stereocenters. The van der Waals surface area contributed by atoms with Gasteiger partial charge in [-0.2, -0.15) is 0 Å². The fraction of sp³-hybridized carbons (Fsp3) is 0.571. The molecule has 116 valence electrons. The molecule has 0 aromatic carbocycles. The molecule has 5 nitrogen and oxygen atoms in total. The van der Waals surface area contributed by atoms with Crippen molar-refractivity contribution in [3.8, 4) is 0 Å². The molecule has 21 heavy (non-hydrogen) atoms. The third-order valence-corrected chi connectivity index (χ3v) is 4.26. The summed E-state index contributed by atoms with van der Waals surface area (Å²) in [5, 5.41) is 9.76. The van der Waals surface area contributed by atoms with E-state index in [0.29, 0.717) is 0 Å². The number of nitrogens with zero attached hydrogens (tertiary/aromatic N) is 3. The average molecular weight is 332 g/mol. The summed E-state index contributed by atoms with van der Waals surface area (Å²) in [6.07, 6.45) is 1.75. The minimum Gasteiger partial charge on any atom is -0.395 e. The third-order valence-electron chi connectivity index (χ3n) is 3.75. The van der Waals surface area contributed by atoms with E-state index in [1.807, 2.05) is 0 Å². The van der Waals surface area contributed by atoms with Gasteiger partial charge in [0, 0.05) is 12.6 Å². The van der Waals surface area contributed by atoms with Crippen molar-refractivity contribution in [1.29, 1.82) is 0 Å². The molecule has 1 aliphatic rings. The van der Waals surface area contributed by atoms with Crippen molar-refractivity contribution >= 4 is 29.1 Å². The Balaban J connectivity index is 2.20. The Hall–Kier alpha value is -0.880. The van der Waals surface area contributed by atoms with Crippen molar-refractivity contribution in [3.63, 3.8) is 0 Å². The fourth-order valence-corrected chi connectivity index (χ4v) is 2.90. The Morgan fingerprint density at radius 3 is 2.71 bits per heavy atom. The third kappa shape index (κ3) is 4.07. The number of amides is 1. The summed E-state index contributed by atoms with van der Waals surface area (Å²) in [5.41, 5.74) is 0.150. The van der Waals surface area contributed by atoms with Crippen LogP contribution in [-0.4, -0.2) is 65.1 Å². The van der Waals surface area contributed by atoms with Crippen LogP contribution in [0.3, 0.4) is 0 Å². The topological polar surface area (TPSA) is 56.7 Å². The number of carbonyl (C=O) groups is 1. The van der Waals surface area contributed by atoms with E-state index in [9.17, 15) is 9.90 Å². The van der Waals surface area contributed by atoms with Crippen LogP contribution < -0.4 is 0 Å². The highest BCUT2D eigenvalue weighted by Gasteiger charge is 2.29. The minimum atomic E-state index is -0.272. The van der Waals surface area contributed by atoms with Crippen LogP contribution in [0.1, 0.15) is 23.3 Å². The van der Waals surface area contributed by atoms with Gasteiger partial charge in [-0.1, -0.05) is 23.2 Å². The van der Waals surface area contributed by atoms with Gasteiger partial charge in [-0.15, -0.1) is 0 Å². The number of halogens is 2. The molecule has 0 radical (unpaired) electrons. The van der Waals surface area contributed by atoms with E-state index in [1.54, 1.807) is 17.0 Å². The summed E-state index contributed by atoms with van der Waals surface area (Å²) >= 11 is 11.9. The quantitative estimate of drug-likeness (QED) is 0.856. The standard InChI is InChI=1S/C14H19Cl2N3O2/c1-18-6-4-10(5-7-18)19(8-9-20)14(21)13-11(15)2-3-12(16)17-13/h2-3,10,20H,4-9H2,1H3. The highest BCUT2D eigenvalue weighted by molar-refractivity contribution is 6.34. The number of hydrogen-bond acceptors (Lipinski definition) is 4. The summed E-state index contributed by atoms with van der Waals surface area (Å²) < 4.78 is 0. The lowest BCUT2D eigenvalue weighted by atomic mass is 10.0. The summed E-state index contributed by atoms with van der Waals surface area (Å²) in [6, 6.07) is 3.21. The van der Waals surface area contributed by atoms with E-state index in [0.717, 1.165) is 25.9 Å². The molecule has 0 saturated carbocycles. The second-order valence-corrected chi connectivity index (χ2v) is 6.02. The van der Waals surface area contributed by atoms with E-state index in [-0.39, 0.29) is 41.0 Å². The van der Waals surface area contributed by atoms with Gasteiger partial charge >= 0.3 is 0 Å². The highest BCUT2D eigenvalue weighted by Crippen LogP contribution is 2.22. The first-order valence-electron chi connectivity index (χ1n) is 6.95. The van der Waals surface area contributed by atoms with Crippen LogP contribution >= 0.6 is 23.2 Å². The zero-order valence-corrected chi connectivity index (χ0v) is 13.4. The lowest BCUT2D eigenvalue weighted by Crippen LogP contribution is -2.47. The van der Waals surface area contributed by atoms with Crippen molar-refractivity contribution in [2.45, 2.75) is 18.9 Å². The normalized spacial score (nSPS) is 17.0. The molecule has 1 N–H and O–H groups in total. The van der Waals surface area contributed by atoms with E-state index in [2.05, 4.69) is 16.9 Å². The Labute approximate surface area is 134 Å². The maximum atomic E-state index is 12.7. The van der Waals surface area contributed by atoms with Crippen molar-refractivity contribution < 1.29 is 9.90 Å². The second kappa shape index (κ2) is 7.40. The van der Waals surface area contributed by atoms with Crippen molar-refractivity contribution in [1.82, 2.24) is 14.8 Å². The molecule has 1 fully saturated rings. The van der Waals surface area contributed by atoms with Crippen LogP contribution in [0.5, 0.6) is 0 Å². The van der Waals surface area contributed by atoms with Gasteiger partial charge in [0.2, 0.25) is 0 Å². The van der Waals surface area contributed by atoms with Gasteiger partial charge in [-0.05, 0) is 45.1 Å². The van der Waals surface area contributed by atoms with Gasteiger partial charge in [0.15, 0.2) is 0 Å². The van der Waals surface area contributed by atoms with Crippen LogP contribution in [0.25, 0.3) is 0 Å². The maximum absolute atomic E-state index is 12.7. The Bertz CT molecular complexity index is 505. The Morgan fingerprint density at radius 1 is 1.43 bits per heavy atom. The molecule has 7 heteroatoms. The van der Waals surface area contributed by atoms with Crippen LogP contribution in [0.4, 0.5) is 0 Å². The van der Waals surface area contributed by atoms with Crippen LogP contribution in [0.2, 0.25) is 10.2 Å². The number of carbonyl (C=O) groups excluding carboxylic acids is 1. The predicted molar refractivity (Wildman–Crippen MR) is 82.9 cm³/mol. The lowest BCUT2D eigenvalue weighted by Gasteiger charge is -2.37. The number of pyridine rings is 1. The van der Waals surface area contributed by atoms with Crippen LogP contribution in [-0.2, 0) is 0 Å². The molecule has 1 aliphatic heterocycles. The fourth-order valence-electron chi connectivity index (χ4n) is 2.57. The van der Waals surface area contributed by atoms with Crippen molar-refractivity contribution in [2.75, 3.05) is 33.3 Å². The Kier molecular flexibility index (Phi) is 5.81. The van der Waals surface area contributed by atoms with Gasteiger partial charge in [-0.25, -0.2) is 4.98 Å². The number of likely N-dealkylation sites (tertiary alicyclic amines) is 1. The number of piperidine rings is 1. The van der Waals surface area contributed by atoms with Gasteiger partial charge in [0.05, 0.1) is 11.6 Å². The molecule has 1 aromatic heterocycles. The largest absolute Gasteiger partial charge is 0.395 e. The van der Waals surface area contributed by atoms with Gasteiger partial charge in [-0.3, -0.25) is 4.79 Å². The van der Waals surface area contributed by atoms with Gasteiger partial charge in [0.25, 0.3) is 5.91 Å². The molecule has 2 heterocycles. The monoisotopic (exact) mass is 331 g/mol. The van der Waals surface area contributed by atoms with E-state index < -0.39 is 0 Å². The SMILES string of the molecule is CN1CCC(N(CCO)C(=O)c2nc(Cl)ccc2Cl)CC1. The first kappa shape index (κ1) is 16.5. The number of hydrogen-bond donors (Lipinski definition) is 1. The first-order chi connectivity index (χ1) is 10.0. The zero-order valence-electron chi connectivity index (χ0n) is 11.9. The highest BCUT2D eigenvalue weighted by atomic mass is 35.5. The van der Waals surface area contributed by atoms with Crippen LogP contribution in [0, 0.1) is 0 Å². The predicted octanol–water partition coefficient (Wildman–Crippen LogP) is 1.92. The Morgan fingerprint density at radius 2 is 2.10 bits per heavy atom. The number of aromatic nitrogens is 1. The lowest BCUT2D eigenvalue weighted by molar-refractivity contribution is 0.0534. The van der Waals surface area contributed by atoms with E-state index >= 15 is 0 Å². The summed E-state index contributed by atoms with van der Waals surface area (Å²) in [6.45, 7) is 2.04. The summed E-state index contributed by atoms with van der Waals surface area (Å²) in [7, 11) is 2.06. The smallest absolute Gasteiger partial charge is 0.274 e. The van der Waals surface area contributed by atoms with E-state index in [1.165, 1.54) is 0 Å². The molecule has 1 aromatic rings. The molecule has 0 aliphatic carbocycles. The molecule has 0 bridgehead atoms. The zero-order chi connectivity index (χ0) is 15.4. The molecule has 1 saturated heterocycles.